The molecule has 1 unspecified atom stereocenters. The average molecular weight is 412 g/mol. The first-order chi connectivity index (χ1) is 12.2. The van der Waals surface area contributed by atoms with E-state index in [1.165, 1.54) is 0 Å². The largest absolute Gasteiger partial charge is 0.497 e. The van der Waals surface area contributed by atoms with Gasteiger partial charge in [0.2, 0.25) is 0 Å². The molecule has 1 heterocycles. The van der Waals surface area contributed by atoms with Crippen LogP contribution in [0.25, 0.3) is 0 Å². The van der Waals surface area contributed by atoms with E-state index in [4.69, 9.17) is 4.74 Å². The summed E-state index contributed by atoms with van der Waals surface area (Å²) in [7, 11) is 3.60. The molecule has 0 aliphatic carbocycles. The molecule has 1 atom stereocenters. The monoisotopic (exact) mass is 411 g/mol. The molecule has 1 aliphatic heterocycles. The maximum atomic E-state index is 13.0. The maximum Gasteiger partial charge on any atom is 0.256 e. The van der Waals surface area contributed by atoms with Crippen LogP contribution in [0.5, 0.6) is 5.75 Å². The highest BCUT2D eigenvalue weighted by Crippen LogP contribution is 2.25. The van der Waals surface area contributed by atoms with Crippen LogP contribution in [0.2, 0.25) is 0 Å². The summed E-state index contributed by atoms with van der Waals surface area (Å²) in [4.78, 5) is 15.0. The minimum atomic E-state index is 0. The number of nitrogens with zero attached hydrogens (tertiary/aromatic N) is 1. The number of amides is 1. The summed E-state index contributed by atoms with van der Waals surface area (Å²) in [6, 6.07) is 15.7. The fourth-order valence-corrected chi connectivity index (χ4v) is 3.20. The number of piperidine rings is 1. The normalized spacial score (nSPS) is 15.9. The summed E-state index contributed by atoms with van der Waals surface area (Å²) < 4.78 is 5.27. The molecule has 5 nitrogen and oxygen atoms in total. The molecule has 1 aliphatic rings. The molecule has 2 aromatic rings. The molecule has 0 aromatic heterocycles. The van der Waals surface area contributed by atoms with Gasteiger partial charge in [-0.1, -0.05) is 18.2 Å². The van der Waals surface area contributed by atoms with Crippen LogP contribution in [0.1, 0.15) is 23.2 Å². The van der Waals surface area contributed by atoms with Crippen LogP contribution in [0.4, 0.5) is 11.4 Å². The van der Waals surface area contributed by atoms with Crippen molar-refractivity contribution in [3.63, 3.8) is 0 Å². The van der Waals surface area contributed by atoms with E-state index >= 15 is 0 Å². The lowest BCUT2D eigenvalue weighted by molar-refractivity contribution is 0.0699. The van der Waals surface area contributed by atoms with Gasteiger partial charge in [-0.3, -0.25) is 4.79 Å². The number of benzene rings is 2. The van der Waals surface area contributed by atoms with E-state index in [1.54, 1.807) is 7.11 Å². The van der Waals surface area contributed by atoms with E-state index in [-0.39, 0.29) is 30.7 Å². The topological polar surface area (TPSA) is 53.6 Å². The van der Waals surface area contributed by atoms with E-state index in [0.29, 0.717) is 11.6 Å². The highest BCUT2D eigenvalue weighted by atomic mass is 35.5. The molecular formula is C20H27Cl2N3O2. The van der Waals surface area contributed by atoms with Crippen molar-refractivity contribution in [2.24, 2.45) is 0 Å². The van der Waals surface area contributed by atoms with Crippen molar-refractivity contribution in [3.8, 4) is 5.75 Å². The van der Waals surface area contributed by atoms with Gasteiger partial charge in [0.15, 0.2) is 0 Å². The van der Waals surface area contributed by atoms with Gasteiger partial charge in [-0.2, -0.15) is 0 Å². The van der Waals surface area contributed by atoms with E-state index in [0.717, 1.165) is 43.1 Å². The van der Waals surface area contributed by atoms with E-state index in [2.05, 4.69) is 10.6 Å². The van der Waals surface area contributed by atoms with Gasteiger partial charge in [0.25, 0.3) is 5.91 Å². The Morgan fingerprint density at radius 1 is 1.15 bits per heavy atom. The van der Waals surface area contributed by atoms with Gasteiger partial charge in [0.05, 0.1) is 18.4 Å². The summed E-state index contributed by atoms with van der Waals surface area (Å²) in [5.74, 6) is 0.854. The number of ether oxygens (including phenoxy) is 1. The highest BCUT2D eigenvalue weighted by molar-refractivity contribution is 6.00. The summed E-state index contributed by atoms with van der Waals surface area (Å²) in [5.41, 5.74) is 2.40. The summed E-state index contributed by atoms with van der Waals surface area (Å²) >= 11 is 0. The van der Waals surface area contributed by atoms with Crippen molar-refractivity contribution >= 4 is 42.1 Å². The first-order valence-electron chi connectivity index (χ1n) is 8.68. The number of anilines is 2. The molecule has 0 radical (unpaired) electrons. The molecule has 1 amide bonds. The Labute approximate surface area is 173 Å². The zero-order valence-corrected chi connectivity index (χ0v) is 17.2. The number of likely N-dealkylation sites (tertiary alicyclic amines) is 1. The third-order valence-corrected chi connectivity index (χ3v) is 4.62. The Kier molecular flexibility index (Phi) is 9.43. The number of para-hydroxylation sites is 1. The molecule has 0 saturated carbocycles. The Bertz CT molecular complexity index is 743. The van der Waals surface area contributed by atoms with Gasteiger partial charge in [0, 0.05) is 30.9 Å². The predicted octanol–water partition coefficient (Wildman–Crippen LogP) is 4.11. The van der Waals surface area contributed by atoms with E-state index in [1.807, 2.05) is 60.5 Å². The SMILES string of the molecule is CNC1CCCN(C(=O)c2ccccc2Nc2cccc(OC)c2)C1.Cl.Cl. The van der Waals surface area contributed by atoms with Gasteiger partial charge in [0.1, 0.15) is 5.75 Å². The molecular weight excluding hydrogens is 385 g/mol. The van der Waals surface area contributed by atoms with Crippen molar-refractivity contribution < 1.29 is 9.53 Å². The molecule has 1 saturated heterocycles. The second-order valence-corrected chi connectivity index (χ2v) is 6.28. The van der Waals surface area contributed by atoms with E-state index < -0.39 is 0 Å². The molecule has 27 heavy (non-hydrogen) atoms. The predicted molar refractivity (Wildman–Crippen MR) is 115 cm³/mol. The number of carbonyl (C=O) groups excluding carboxylic acids is 1. The summed E-state index contributed by atoms with van der Waals surface area (Å²) in [6.45, 7) is 1.56. The lowest BCUT2D eigenvalue weighted by Crippen LogP contribution is -2.47. The summed E-state index contributed by atoms with van der Waals surface area (Å²) in [6.07, 6.45) is 2.15. The fraction of sp³-hybridized carbons (Fsp3) is 0.350. The van der Waals surface area contributed by atoms with Crippen LogP contribution in [0, 0.1) is 0 Å². The number of halogens is 2. The molecule has 7 heteroatoms. The van der Waals surface area contributed by atoms with Crippen LogP contribution in [-0.4, -0.2) is 44.1 Å². The second kappa shape index (κ2) is 11.0. The lowest BCUT2D eigenvalue weighted by atomic mass is 10.0. The number of likely N-dealkylation sites (N-methyl/N-ethyl adjacent to an activating group) is 1. The summed E-state index contributed by atoms with van der Waals surface area (Å²) in [5, 5.41) is 6.63. The van der Waals surface area contributed by atoms with Crippen LogP contribution in [0.15, 0.2) is 48.5 Å². The third-order valence-electron chi connectivity index (χ3n) is 4.62. The molecule has 0 spiro atoms. The number of nitrogens with one attached hydrogen (secondary N) is 2. The van der Waals surface area contributed by atoms with Crippen LogP contribution in [0.3, 0.4) is 0 Å². The number of hydrogen-bond acceptors (Lipinski definition) is 4. The van der Waals surface area contributed by atoms with Gasteiger partial charge in [-0.05, 0) is 44.2 Å². The number of rotatable bonds is 5. The minimum Gasteiger partial charge on any atom is -0.497 e. The van der Waals surface area contributed by atoms with Crippen LogP contribution in [-0.2, 0) is 0 Å². The van der Waals surface area contributed by atoms with Crippen LogP contribution < -0.4 is 15.4 Å². The van der Waals surface area contributed by atoms with Gasteiger partial charge in [-0.15, -0.1) is 24.8 Å². The number of methoxy groups -OCH3 is 1. The van der Waals surface area contributed by atoms with Crippen molar-refractivity contribution in [3.05, 3.63) is 54.1 Å². The molecule has 2 N–H and O–H groups in total. The Hall–Kier alpha value is -1.95. The highest BCUT2D eigenvalue weighted by Gasteiger charge is 2.24. The molecule has 2 aromatic carbocycles. The zero-order chi connectivity index (χ0) is 17.6. The minimum absolute atomic E-state index is 0. The van der Waals surface area contributed by atoms with Crippen molar-refractivity contribution in [2.75, 3.05) is 32.6 Å². The Morgan fingerprint density at radius 2 is 1.93 bits per heavy atom. The number of hydrogen-bond donors (Lipinski definition) is 2. The molecule has 1 fully saturated rings. The zero-order valence-electron chi connectivity index (χ0n) is 15.6. The van der Waals surface area contributed by atoms with Gasteiger partial charge in [-0.25, -0.2) is 0 Å². The first-order valence-corrected chi connectivity index (χ1v) is 8.68. The van der Waals surface area contributed by atoms with Gasteiger partial charge < -0.3 is 20.3 Å². The number of carbonyl (C=O) groups is 1. The average Bonchev–Trinajstić information content (AvgIpc) is 2.68. The molecule has 0 bridgehead atoms. The Balaban J connectivity index is 0.00000182. The van der Waals surface area contributed by atoms with Crippen molar-refractivity contribution in [2.45, 2.75) is 18.9 Å². The standard InChI is InChI=1S/C20H25N3O2.2ClH/c1-21-16-8-6-12-23(14-16)20(24)18-10-3-4-11-19(18)22-15-7-5-9-17(13-15)25-2;;/h3-5,7,9-11,13,16,21-22H,6,8,12,14H2,1-2H3;2*1H. The lowest BCUT2D eigenvalue weighted by Gasteiger charge is -2.33. The van der Waals surface area contributed by atoms with Crippen molar-refractivity contribution in [1.82, 2.24) is 10.2 Å². The van der Waals surface area contributed by atoms with Crippen molar-refractivity contribution in [1.29, 1.82) is 0 Å². The molecule has 3 rings (SSSR count). The smallest absolute Gasteiger partial charge is 0.256 e. The Morgan fingerprint density at radius 3 is 2.67 bits per heavy atom. The van der Waals surface area contributed by atoms with Gasteiger partial charge >= 0.3 is 0 Å². The quantitative estimate of drug-likeness (QED) is 0.776. The first kappa shape index (κ1) is 23.1. The molecule has 148 valence electrons. The second-order valence-electron chi connectivity index (χ2n) is 6.28. The van der Waals surface area contributed by atoms with Crippen LogP contribution >= 0.6 is 24.8 Å². The third kappa shape index (κ3) is 5.76. The van der Waals surface area contributed by atoms with E-state index in [9.17, 15) is 4.79 Å². The fourth-order valence-electron chi connectivity index (χ4n) is 3.20. The maximum absolute atomic E-state index is 13.0.